The molecule has 0 saturated carbocycles. The summed E-state index contributed by atoms with van der Waals surface area (Å²) in [6.45, 7) is 3.34. The van der Waals surface area contributed by atoms with E-state index in [2.05, 4.69) is 33.8 Å². The number of aromatic nitrogens is 1. The highest BCUT2D eigenvalue weighted by Crippen LogP contribution is 2.19. The highest BCUT2D eigenvalue weighted by Gasteiger charge is 2.13. The maximum Gasteiger partial charge on any atom is 0.314 e. The molecule has 0 bridgehead atoms. The minimum atomic E-state index is -0.103. The zero-order valence-corrected chi connectivity index (χ0v) is 13.0. The fourth-order valence-electron chi connectivity index (χ4n) is 2.35. The Morgan fingerprint density at radius 1 is 1.14 bits per heavy atom. The van der Waals surface area contributed by atoms with Crippen molar-refractivity contribution in [3.05, 3.63) is 66.0 Å². The molecule has 2 N–H and O–H groups in total. The third-order valence-electron chi connectivity index (χ3n) is 3.52. The van der Waals surface area contributed by atoms with Crippen molar-refractivity contribution >= 4 is 6.03 Å². The first-order valence-electron chi connectivity index (χ1n) is 7.75. The molecule has 1 aromatic heterocycles. The topological polar surface area (TPSA) is 54.0 Å². The maximum absolute atomic E-state index is 11.8. The van der Waals surface area contributed by atoms with Crippen molar-refractivity contribution in [1.82, 2.24) is 15.6 Å². The van der Waals surface area contributed by atoms with Gasteiger partial charge in [0.15, 0.2) is 0 Å². The zero-order chi connectivity index (χ0) is 15.6. The number of nitrogens with zero attached hydrogens (tertiary/aromatic N) is 1. The first-order valence-corrected chi connectivity index (χ1v) is 7.75. The third kappa shape index (κ3) is 5.20. The molecule has 22 heavy (non-hydrogen) atoms. The molecular weight excluding hydrogens is 274 g/mol. The van der Waals surface area contributed by atoms with Crippen LogP contribution in [0.15, 0.2) is 54.9 Å². The van der Waals surface area contributed by atoms with Gasteiger partial charge >= 0.3 is 6.03 Å². The van der Waals surface area contributed by atoms with Crippen molar-refractivity contribution in [2.24, 2.45) is 0 Å². The summed E-state index contributed by atoms with van der Waals surface area (Å²) >= 11 is 0. The normalized spacial score (nSPS) is 11.7. The molecule has 0 aliphatic carbocycles. The summed E-state index contributed by atoms with van der Waals surface area (Å²) < 4.78 is 0. The Labute approximate surface area is 132 Å². The van der Waals surface area contributed by atoms with E-state index in [1.165, 1.54) is 11.1 Å². The molecule has 1 unspecified atom stereocenters. The first kappa shape index (κ1) is 16.0. The Morgan fingerprint density at radius 3 is 2.64 bits per heavy atom. The Bertz CT molecular complexity index is 557. The van der Waals surface area contributed by atoms with Crippen LogP contribution < -0.4 is 10.6 Å². The number of nitrogens with one attached hydrogen (secondary N) is 2. The zero-order valence-electron chi connectivity index (χ0n) is 13.0. The van der Waals surface area contributed by atoms with Crippen LogP contribution in [0.25, 0.3) is 0 Å². The van der Waals surface area contributed by atoms with Gasteiger partial charge in [-0.3, -0.25) is 4.98 Å². The molecule has 0 aliphatic heterocycles. The van der Waals surface area contributed by atoms with Crippen LogP contribution in [-0.2, 0) is 6.42 Å². The lowest BCUT2D eigenvalue weighted by Gasteiger charge is -2.18. The van der Waals surface area contributed by atoms with Crippen LogP contribution in [0.1, 0.15) is 30.4 Å². The Morgan fingerprint density at radius 2 is 1.95 bits per heavy atom. The molecule has 0 fully saturated rings. The summed E-state index contributed by atoms with van der Waals surface area (Å²) in [6.07, 6.45) is 5.45. The summed E-state index contributed by atoms with van der Waals surface area (Å²) in [4.78, 5) is 15.9. The highest BCUT2D eigenvalue weighted by atomic mass is 16.2. The molecule has 0 saturated heterocycles. The first-order chi connectivity index (χ1) is 10.8. The molecule has 116 valence electrons. The molecule has 1 aromatic carbocycles. The van der Waals surface area contributed by atoms with E-state index in [1.54, 1.807) is 6.20 Å². The van der Waals surface area contributed by atoms with Crippen molar-refractivity contribution in [3.63, 3.8) is 0 Å². The van der Waals surface area contributed by atoms with Gasteiger partial charge in [0, 0.05) is 31.4 Å². The molecule has 4 heteroatoms. The minimum Gasteiger partial charge on any atom is -0.338 e. The molecule has 0 spiro atoms. The summed E-state index contributed by atoms with van der Waals surface area (Å²) in [6, 6.07) is 14.2. The average Bonchev–Trinajstić information content (AvgIpc) is 2.58. The number of hydrogen-bond acceptors (Lipinski definition) is 2. The molecule has 2 aromatic rings. The van der Waals surface area contributed by atoms with Crippen LogP contribution in [0.2, 0.25) is 0 Å². The van der Waals surface area contributed by atoms with Crippen molar-refractivity contribution in [2.75, 3.05) is 13.1 Å². The second kappa shape index (κ2) is 8.82. The fraction of sp³-hybridized carbons (Fsp3) is 0.333. The second-order valence-electron chi connectivity index (χ2n) is 5.31. The van der Waals surface area contributed by atoms with Gasteiger partial charge in [-0.15, -0.1) is 0 Å². The Kier molecular flexibility index (Phi) is 6.42. The van der Waals surface area contributed by atoms with E-state index in [1.807, 2.05) is 37.4 Å². The van der Waals surface area contributed by atoms with Gasteiger partial charge < -0.3 is 10.6 Å². The SMILES string of the molecule is CCCNC(=O)NCC(Cc1cccnc1)c1ccccc1. The average molecular weight is 297 g/mol. The lowest BCUT2D eigenvalue weighted by Crippen LogP contribution is -2.38. The summed E-state index contributed by atoms with van der Waals surface area (Å²) in [5, 5.41) is 5.81. The van der Waals surface area contributed by atoms with Gasteiger partial charge in [0.05, 0.1) is 0 Å². The summed E-state index contributed by atoms with van der Waals surface area (Å²) in [7, 11) is 0. The number of hydrogen-bond donors (Lipinski definition) is 2. The standard InChI is InChI=1S/C18H23N3O/c1-2-10-20-18(22)21-14-17(16-8-4-3-5-9-16)12-15-7-6-11-19-13-15/h3-9,11,13,17H,2,10,12,14H2,1H3,(H2,20,21,22). The number of urea groups is 1. The molecule has 0 aliphatic rings. The lowest BCUT2D eigenvalue weighted by atomic mass is 9.92. The quantitative estimate of drug-likeness (QED) is 0.825. The van der Waals surface area contributed by atoms with Gasteiger partial charge in [0.1, 0.15) is 0 Å². The highest BCUT2D eigenvalue weighted by molar-refractivity contribution is 5.73. The molecule has 2 amide bonds. The van der Waals surface area contributed by atoms with Crippen LogP contribution in [0.5, 0.6) is 0 Å². The van der Waals surface area contributed by atoms with Crippen molar-refractivity contribution in [2.45, 2.75) is 25.7 Å². The Balaban J connectivity index is 2.01. The minimum absolute atomic E-state index is 0.103. The van der Waals surface area contributed by atoms with E-state index in [0.29, 0.717) is 13.1 Å². The number of carbonyl (C=O) groups excluding carboxylic acids is 1. The van der Waals surface area contributed by atoms with E-state index in [-0.39, 0.29) is 11.9 Å². The lowest BCUT2D eigenvalue weighted by molar-refractivity contribution is 0.240. The Hall–Kier alpha value is -2.36. The van der Waals surface area contributed by atoms with Crippen molar-refractivity contribution in [3.8, 4) is 0 Å². The van der Waals surface area contributed by atoms with Gasteiger partial charge in [-0.25, -0.2) is 4.79 Å². The van der Waals surface area contributed by atoms with Gasteiger partial charge in [-0.05, 0) is 30.0 Å². The number of rotatable bonds is 7. The van der Waals surface area contributed by atoms with Crippen molar-refractivity contribution in [1.29, 1.82) is 0 Å². The van der Waals surface area contributed by atoms with Crippen LogP contribution in [0.3, 0.4) is 0 Å². The van der Waals surface area contributed by atoms with E-state index >= 15 is 0 Å². The number of carbonyl (C=O) groups is 1. The number of benzene rings is 1. The maximum atomic E-state index is 11.8. The monoisotopic (exact) mass is 297 g/mol. The largest absolute Gasteiger partial charge is 0.338 e. The van der Waals surface area contributed by atoms with Gasteiger partial charge in [-0.1, -0.05) is 43.3 Å². The fourth-order valence-corrected chi connectivity index (χ4v) is 2.35. The van der Waals surface area contributed by atoms with Crippen LogP contribution >= 0.6 is 0 Å². The third-order valence-corrected chi connectivity index (χ3v) is 3.52. The summed E-state index contributed by atoms with van der Waals surface area (Å²) in [5.74, 6) is 0.234. The van der Waals surface area contributed by atoms with Crippen molar-refractivity contribution < 1.29 is 4.79 Å². The number of amides is 2. The molecule has 4 nitrogen and oxygen atoms in total. The molecule has 1 atom stereocenters. The van der Waals surface area contributed by atoms with E-state index in [0.717, 1.165) is 12.8 Å². The molecular formula is C18H23N3O. The molecule has 1 heterocycles. The van der Waals surface area contributed by atoms with E-state index < -0.39 is 0 Å². The van der Waals surface area contributed by atoms with E-state index in [4.69, 9.17) is 0 Å². The predicted octanol–water partition coefficient (Wildman–Crippen LogP) is 3.12. The predicted molar refractivity (Wildman–Crippen MR) is 88.8 cm³/mol. The molecule has 0 radical (unpaired) electrons. The summed E-state index contributed by atoms with van der Waals surface area (Å²) in [5.41, 5.74) is 2.40. The molecule has 2 rings (SSSR count). The van der Waals surface area contributed by atoms with E-state index in [9.17, 15) is 4.79 Å². The van der Waals surface area contributed by atoms with Crippen LogP contribution in [0, 0.1) is 0 Å². The van der Waals surface area contributed by atoms with Crippen LogP contribution in [0.4, 0.5) is 4.79 Å². The van der Waals surface area contributed by atoms with Gasteiger partial charge in [0.25, 0.3) is 0 Å². The van der Waals surface area contributed by atoms with Gasteiger partial charge in [-0.2, -0.15) is 0 Å². The van der Waals surface area contributed by atoms with Gasteiger partial charge in [0.2, 0.25) is 0 Å². The number of pyridine rings is 1. The second-order valence-corrected chi connectivity index (χ2v) is 5.31. The van der Waals surface area contributed by atoms with Crippen LogP contribution in [-0.4, -0.2) is 24.1 Å². The smallest absolute Gasteiger partial charge is 0.314 e.